The molecule has 0 atom stereocenters. The Morgan fingerprint density at radius 1 is 1.03 bits per heavy atom. The van der Waals surface area contributed by atoms with Crippen LogP contribution in [0, 0.1) is 13.8 Å². The standard InChI is InChI=1S/C23H27N5O3S/c1-15-13-17(14-20(16(15)2)32(30,31)27(3)4)23(29)26-21-22(28-11-7-8-12-28)25-19-10-6-5-9-18(19)24-21/h5-6,9-10,13-14H,7-8,11-12H2,1-4H3,(H,24,26,29). The Kier molecular flexibility index (Phi) is 5.87. The van der Waals surface area contributed by atoms with Gasteiger partial charge in [0.1, 0.15) is 0 Å². The number of aryl methyl sites for hydroxylation is 1. The predicted octanol–water partition coefficient (Wildman–Crippen LogP) is 3.35. The molecule has 3 aromatic rings. The summed E-state index contributed by atoms with van der Waals surface area (Å²) in [5.74, 6) is 0.596. The van der Waals surface area contributed by atoms with Crippen LogP contribution in [-0.2, 0) is 10.0 Å². The highest BCUT2D eigenvalue weighted by Crippen LogP contribution is 2.29. The zero-order valence-corrected chi connectivity index (χ0v) is 19.5. The first-order valence-corrected chi connectivity index (χ1v) is 12.0. The van der Waals surface area contributed by atoms with Gasteiger partial charge in [-0.05, 0) is 62.1 Å². The molecule has 1 aliphatic rings. The van der Waals surface area contributed by atoms with Crippen LogP contribution in [0.4, 0.5) is 11.6 Å². The molecule has 168 valence electrons. The molecule has 2 heterocycles. The third-order valence-electron chi connectivity index (χ3n) is 5.83. The van der Waals surface area contributed by atoms with E-state index in [1.165, 1.54) is 20.2 Å². The van der Waals surface area contributed by atoms with Crippen molar-refractivity contribution in [3.8, 4) is 0 Å². The first-order chi connectivity index (χ1) is 15.2. The summed E-state index contributed by atoms with van der Waals surface area (Å²) in [6, 6.07) is 10.7. The van der Waals surface area contributed by atoms with Gasteiger partial charge in [0, 0.05) is 32.7 Å². The quantitative estimate of drug-likeness (QED) is 0.637. The maximum atomic E-state index is 13.2. The van der Waals surface area contributed by atoms with Gasteiger partial charge in [-0.3, -0.25) is 4.79 Å². The van der Waals surface area contributed by atoms with Gasteiger partial charge in [0.05, 0.1) is 15.9 Å². The number of hydrogen-bond acceptors (Lipinski definition) is 6. The predicted molar refractivity (Wildman–Crippen MR) is 126 cm³/mol. The lowest BCUT2D eigenvalue weighted by atomic mass is 10.1. The van der Waals surface area contributed by atoms with Crippen molar-refractivity contribution in [3.05, 3.63) is 53.1 Å². The van der Waals surface area contributed by atoms with Crippen molar-refractivity contribution in [3.63, 3.8) is 0 Å². The summed E-state index contributed by atoms with van der Waals surface area (Å²) in [6.07, 6.45) is 2.12. The monoisotopic (exact) mass is 453 g/mol. The number of carbonyl (C=O) groups is 1. The SMILES string of the molecule is Cc1cc(C(=O)Nc2nc3ccccc3nc2N2CCCC2)cc(S(=O)(=O)N(C)C)c1C. The molecule has 0 radical (unpaired) electrons. The Bertz CT molecular complexity index is 1300. The lowest BCUT2D eigenvalue weighted by molar-refractivity contribution is 0.102. The zero-order valence-electron chi connectivity index (χ0n) is 18.7. The number of para-hydroxylation sites is 2. The van der Waals surface area contributed by atoms with E-state index in [4.69, 9.17) is 4.98 Å². The van der Waals surface area contributed by atoms with Gasteiger partial charge in [0.2, 0.25) is 10.0 Å². The minimum absolute atomic E-state index is 0.122. The van der Waals surface area contributed by atoms with Crippen molar-refractivity contribution in [1.29, 1.82) is 0 Å². The van der Waals surface area contributed by atoms with Crippen LogP contribution < -0.4 is 10.2 Å². The molecule has 0 unspecified atom stereocenters. The number of amides is 1. The molecule has 8 nitrogen and oxygen atoms in total. The topological polar surface area (TPSA) is 95.5 Å². The molecule has 1 aliphatic heterocycles. The maximum absolute atomic E-state index is 13.2. The third kappa shape index (κ3) is 4.05. The first kappa shape index (κ1) is 22.2. The molecule has 1 saturated heterocycles. The summed E-state index contributed by atoms with van der Waals surface area (Å²) in [5.41, 5.74) is 3.05. The summed E-state index contributed by atoms with van der Waals surface area (Å²) >= 11 is 0. The highest BCUT2D eigenvalue weighted by molar-refractivity contribution is 7.89. The number of carbonyl (C=O) groups excluding carboxylic acids is 1. The molecule has 0 aliphatic carbocycles. The van der Waals surface area contributed by atoms with Crippen LogP contribution in [0.3, 0.4) is 0 Å². The Hall–Kier alpha value is -3.04. The smallest absolute Gasteiger partial charge is 0.256 e. The second-order valence-corrected chi connectivity index (χ2v) is 10.4. The minimum Gasteiger partial charge on any atom is -0.354 e. The van der Waals surface area contributed by atoms with Crippen LogP contribution in [0.2, 0.25) is 0 Å². The lowest BCUT2D eigenvalue weighted by Gasteiger charge is -2.20. The van der Waals surface area contributed by atoms with Gasteiger partial charge in [-0.1, -0.05) is 12.1 Å². The molecule has 0 saturated carbocycles. The Labute approximate surface area is 188 Å². The maximum Gasteiger partial charge on any atom is 0.256 e. The fourth-order valence-corrected chi connectivity index (χ4v) is 5.04. The van der Waals surface area contributed by atoms with E-state index in [1.807, 2.05) is 24.3 Å². The normalized spacial score (nSPS) is 14.3. The third-order valence-corrected chi connectivity index (χ3v) is 7.77. The average Bonchev–Trinajstić information content (AvgIpc) is 3.29. The second-order valence-electron chi connectivity index (χ2n) is 8.24. The van der Waals surface area contributed by atoms with E-state index in [2.05, 4.69) is 15.2 Å². The van der Waals surface area contributed by atoms with E-state index in [0.717, 1.165) is 41.3 Å². The zero-order chi connectivity index (χ0) is 23.0. The number of hydrogen-bond donors (Lipinski definition) is 1. The van der Waals surface area contributed by atoms with Crippen LogP contribution >= 0.6 is 0 Å². The van der Waals surface area contributed by atoms with E-state index in [-0.39, 0.29) is 10.5 Å². The Morgan fingerprint density at radius 3 is 2.28 bits per heavy atom. The number of nitrogens with zero attached hydrogens (tertiary/aromatic N) is 4. The molecule has 2 aromatic carbocycles. The van der Waals surface area contributed by atoms with Crippen LogP contribution in [0.1, 0.15) is 34.3 Å². The summed E-state index contributed by atoms with van der Waals surface area (Å²) in [6.45, 7) is 5.25. The Morgan fingerprint density at radius 2 is 1.66 bits per heavy atom. The summed E-state index contributed by atoms with van der Waals surface area (Å²) in [5, 5.41) is 2.89. The van der Waals surface area contributed by atoms with Crippen molar-refractivity contribution in [2.75, 3.05) is 37.4 Å². The summed E-state index contributed by atoms with van der Waals surface area (Å²) in [4.78, 5) is 24.9. The average molecular weight is 454 g/mol. The second kappa shape index (κ2) is 8.48. The fourth-order valence-electron chi connectivity index (χ4n) is 3.83. The minimum atomic E-state index is -3.69. The number of fused-ring (bicyclic) bond motifs is 1. The van der Waals surface area contributed by atoms with Gasteiger partial charge in [-0.15, -0.1) is 0 Å². The number of benzene rings is 2. The van der Waals surface area contributed by atoms with Gasteiger partial charge in [0.15, 0.2) is 11.6 Å². The summed E-state index contributed by atoms with van der Waals surface area (Å²) in [7, 11) is -0.740. The number of rotatable bonds is 5. The van der Waals surface area contributed by atoms with E-state index < -0.39 is 15.9 Å². The van der Waals surface area contributed by atoms with Gasteiger partial charge in [-0.2, -0.15) is 0 Å². The fraction of sp³-hybridized carbons (Fsp3) is 0.348. The molecule has 0 spiro atoms. The van der Waals surface area contributed by atoms with Crippen molar-refractivity contribution in [1.82, 2.24) is 14.3 Å². The molecule has 1 amide bonds. The van der Waals surface area contributed by atoms with Gasteiger partial charge in [-0.25, -0.2) is 22.7 Å². The molecule has 1 fully saturated rings. The highest BCUT2D eigenvalue weighted by atomic mass is 32.2. The number of aromatic nitrogens is 2. The van der Waals surface area contributed by atoms with Gasteiger partial charge in [0.25, 0.3) is 5.91 Å². The van der Waals surface area contributed by atoms with E-state index >= 15 is 0 Å². The molecule has 9 heteroatoms. The van der Waals surface area contributed by atoms with E-state index in [9.17, 15) is 13.2 Å². The van der Waals surface area contributed by atoms with Crippen molar-refractivity contribution in [2.24, 2.45) is 0 Å². The first-order valence-electron chi connectivity index (χ1n) is 10.6. The van der Waals surface area contributed by atoms with Crippen LogP contribution in [-0.4, -0.2) is 55.8 Å². The van der Waals surface area contributed by atoms with E-state index in [0.29, 0.717) is 22.7 Å². The number of anilines is 2. The number of nitrogens with one attached hydrogen (secondary N) is 1. The van der Waals surface area contributed by atoms with Crippen molar-refractivity contribution in [2.45, 2.75) is 31.6 Å². The number of sulfonamides is 1. The van der Waals surface area contributed by atoms with Crippen molar-refractivity contribution < 1.29 is 13.2 Å². The Balaban J connectivity index is 1.76. The summed E-state index contributed by atoms with van der Waals surface area (Å²) < 4.78 is 26.7. The van der Waals surface area contributed by atoms with E-state index in [1.54, 1.807) is 19.9 Å². The molecule has 0 bridgehead atoms. The highest BCUT2D eigenvalue weighted by Gasteiger charge is 2.25. The van der Waals surface area contributed by atoms with Crippen LogP contribution in [0.15, 0.2) is 41.3 Å². The molecule has 32 heavy (non-hydrogen) atoms. The van der Waals surface area contributed by atoms with Crippen LogP contribution in [0.25, 0.3) is 11.0 Å². The molecular formula is C23H27N5O3S. The van der Waals surface area contributed by atoms with Crippen molar-refractivity contribution >= 4 is 38.6 Å². The molecule has 1 aromatic heterocycles. The molecule has 4 rings (SSSR count). The molecule has 1 N–H and O–H groups in total. The van der Waals surface area contributed by atoms with Gasteiger partial charge < -0.3 is 10.2 Å². The van der Waals surface area contributed by atoms with Crippen LogP contribution in [0.5, 0.6) is 0 Å². The van der Waals surface area contributed by atoms with Gasteiger partial charge >= 0.3 is 0 Å². The largest absolute Gasteiger partial charge is 0.354 e. The lowest BCUT2D eigenvalue weighted by Crippen LogP contribution is -2.25. The molecular weight excluding hydrogens is 426 g/mol.